The average Bonchev–Trinajstić information content (AvgIpc) is 2.28. The molecule has 1 aromatic rings. The van der Waals surface area contributed by atoms with Gasteiger partial charge < -0.3 is 10.2 Å². The number of aromatic nitrogens is 2. The minimum Gasteiger partial charge on any atom is -0.492 e. The quantitative estimate of drug-likeness (QED) is 0.627. The molecule has 1 aliphatic heterocycles. The molecule has 1 aromatic heterocycles. The van der Waals surface area contributed by atoms with Crippen LogP contribution in [0.3, 0.4) is 0 Å². The lowest BCUT2D eigenvalue weighted by molar-refractivity contribution is 0.391. The normalized spacial score (nSPS) is 17.4. The molecule has 0 fully saturated rings. The predicted octanol–water partition coefficient (Wildman–Crippen LogP) is 1.22. The third kappa shape index (κ3) is 1.02. The van der Waals surface area contributed by atoms with E-state index in [4.69, 9.17) is 5.11 Å². The predicted molar refractivity (Wildman–Crippen MR) is 42.9 cm³/mol. The molecule has 0 saturated carbocycles. The molecule has 0 atom stereocenters. The molecule has 0 unspecified atom stereocenters. The lowest BCUT2D eigenvalue weighted by Gasteiger charge is -2.11. The Hall–Kier alpha value is -1.72. The molecule has 13 heavy (non-hydrogen) atoms. The molecule has 2 N–H and O–H groups in total. The zero-order chi connectivity index (χ0) is 9.64. The van der Waals surface area contributed by atoms with Crippen molar-refractivity contribution in [2.45, 2.75) is 19.4 Å². The van der Waals surface area contributed by atoms with E-state index < -0.39 is 11.5 Å². The van der Waals surface area contributed by atoms with Gasteiger partial charge in [0.15, 0.2) is 5.69 Å². The summed E-state index contributed by atoms with van der Waals surface area (Å²) in [5, 5.41) is 25.9. The van der Waals surface area contributed by atoms with Crippen LogP contribution in [0.15, 0.2) is 10.2 Å². The van der Waals surface area contributed by atoms with Gasteiger partial charge in [0.1, 0.15) is 11.2 Å². The highest BCUT2D eigenvalue weighted by Gasteiger charge is 2.33. The monoisotopic (exact) mass is 180 g/mol. The first-order valence-corrected chi connectivity index (χ1v) is 3.74. The highest BCUT2D eigenvalue weighted by atomic mass is 16.3. The molecule has 6 nitrogen and oxygen atoms in total. The SMILES string of the molecule is CC1(C)N=Nc2c(O)nc(O)nc21. The zero-order valence-electron chi connectivity index (χ0n) is 7.18. The number of nitrogens with zero attached hydrogens (tertiary/aromatic N) is 4. The Balaban J connectivity index is 2.71. The molecule has 1 aliphatic rings. The Labute approximate surface area is 74.0 Å². The van der Waals surface area contributed by atoms with Crippen molar-refractivity contribution in [3.05, 3.63) is 5.69 Å². The molecule has 0 bridgehead atoms. The van der Waals surface area contributed by atoms with Crippen molar-refractivity contribution in [1.29, 1.82) is 0 Å². The number of aromatic hydroxyl groups is 2. The zero-order valence-corrected chi connectivity index (χ0v) is 7.18. The highest BCUT2D eigenvalue weighted by Crippen LogP contribution is 2.43. The van der Waals surface area contributed by atoms with E-state index in [1.807, 2.05) is 0 Å². The van der Waals surface area contributed by atoms with Crippen molar-refractivity contribution in [3.8, 4) is 11.9 Å². The van der Waals surface area contributed by atoms with Gasteiger partial charge in [-0.25, -0.2) is 0 Å². The van der Waals surface area contributed by atoms with Crippen LogP contribution in [0.5, 0.6) is 11.9 Å². The number of fused-ring (bicyclic) bond motifs is 1. The van der Waals surface area contributed by atoms with Gasteiger partial charge in [0.2, 0.25) is 5.88 Å². The van der Waals surface area contributed by atoms with E-state index in [9.17, 15) is 5.11 Å². The van der Waals surface area contributed by atoms with Gasteiger partial charge in [-0.15, -0.1) is 5.11 Å². The minimum absolute atomic E-state index is 0.239. The van der Waals surface area contributed by atoms with Gasteiger partial charge in [-0.05, 0) is 13.8 Å². The average molecular weight is 180 g/mol. The van der Waals surface area contributed by atoms with Crippen molar-refractivity contribution < 1.29 is 10.2 Å². The van der Waals surface area contributed by atoms with E-state index in [0.29, 0.717) is 5.69 Å². The standard InChI is InChI=1S/C7H8N4O2/c1-7(2)4-3(10-11-7)5(12)9-6(13)8-4/h1-2H3,(H2,8,9,12,13). The molecular formula is C7H8N4O2. The molecule has 0 spiro atoms. The second kappa shape index (κ2) is 2.15. The lowest BCUT2D eigenvalue weighted by Crippen LogP contribution is -2.12. The van der Waals surface area contributed by atoms with Crippen molar-refractivity contribution in [1.82, 2.24) is 9.97 Å². The molecule has 0 aromatic carbocycles. The van der Waals surface area contributed by atoms with Crippen LogP contribution in [0.2, 0.25) is 0 Å². The van der Waals surface area contributed by atoms with Crippen LogP contribution < -0.4 is 0 Å². The first-order valence-electron chi connectivity index (χ1n) is 3.74. The van der Waals surface area contributed by atoms with Gasteiger partial charge in [0.05, 0.1) is 0 Å². The van der Waals surface area contributed by atoms with Gasteiger partial charge >= 0.3 is 6.01 Å². The maximum Gasteiger partial charge on any atom is 0.317 e. The fraction of sp³-hybridized carbons (Fsp3) is 0.429. The third-order valence-corrected chi connectivity index (χ3v) is 1.83. The van der Waals surface area contributed by atoms with Crippen molar-refractivity contribution >= 4 is 5.69 Å². The van der Waals surface area contributed by atoms with E-state index in [0.717, 1.165) is 0 Å². The van der Waals surface area contributed by atoms with Gasteiger partial charge in [0.25, 0.3) is 0 Å². The fourth-order valence-corrected chi connectivity index (χ4v) is 1.17. The fourth-order valence-electron chi connectivity index (χ4n) is 1.17. The van der Waals surface area contributed by atoms with E-state index in [1.54, 1.807) is 13.8 Å². The van der Waals surface area contributed by atoms with Crippen molar-refractivity contribution in [2.75, 3.05) is 0 Å². The van der Waals surface area contributed by atoms with E-state index in [1.165, 1.54) is 0 Å². The summed E-state index contributed by atoms with van der Waals surface area (Å²) in [4.78, 5) is 7.12. The smallest absolute Gasteiger partial charge is 0.317 e. The summed E-state index contributed by atoms with van der Waals surface area (Å²) in [5.74, 6) is -0.336. The van der Waals surface area contributed by atoms with Crippen LogP contribution >= 0.6 is 0 Å². The number of azo groups is 1. The second-order valence-electron chi connectivity index (χ2n) is 3.30. The highest BCUT2D eigenvalue weighted by molar-refractivity contribution is 5.55. The largest absolute Gasteiger partial charge is 0.492 e. The molecular weight excluding hydrogens is 172 g/mol. The Bertz CT molecular complexity index is 400. The van der Waals surface area contributed by atoms with E-state index >= 15 is 0 Å². The first-order chi connectivity index (χ1) is 6.00. The van der Waals surface area contributed by atoms with Gasteiger partial charge in [-0.3, -0.25) is 0 Å². The summed E-state index contributed by atoms with van der Waals surface area (Å²) in [7, 11) is 0. The Morgan fingerprint density at radius 1 is 1.15 bits per heavy atom. The van der Waals surface area contributed by atoms with E-state index in [-0.39, 0.29) is 11.6 Å². The van der Waals surface area contributed by atoms with Crippen LogP contribution in [-0.4, -0.2) is 20.2 Å². The molecule has 2 heterocycles. The first kappa shape index (κ1) is 7.90. The number of rotatable bonds is 0. The van der Waals surface area contributed by atoms with Gasteiger partial charge in [-0.1, -0.05) is 0 Å². The molecule has 6 heteroatoms. The van der Waals surface area contributed by atoms with Crippen LogP contribution in [0.4, 0.5) is 5.69 Å². The number of hydrogen-bond acceptors (Lipinski definition) is 6. The summed E-state index contributed by atoms with van der Waals surface area (Å²) >= 11 is 0. The minimum atomic E-state index is -0.604. The van der Waals surface area contributed by atoms with Gasteiger partial charge in [-0.2, -0.15) is 15.1 Å². The van der Waals surface area contributed by atoms with Crippen LogP contribution in [0, 0.1) is 0 Å². The maximum atomic E-state index is 9.28. The summed E-state index contributed by atoms with van der Waals surface area (Å²) in [6.07, 6.45) is 0. The summed E-state index contributed by atoms with van der Waals surface area (Å²) < 4.78 is 0. The summed E-state index contributed by atoms with van der Waals surface area (Å²) in [6, 6.07) is -0.461. The number of hydrogen-bond donors (Lipinski definition) is 2. The van der Waals surface area contributed by atoms with Crippen LogP contribution in [-0.2, 0) is 5.54 Å². The Kier molecular flexibility index (Phi) is 1.31. The van der Waals surface area contributed by atoms with Crippen molar-refractivity contribution in [2.24, 2.45) is 10.2 Å². The van der Waals surface area contributed by atoms with Crippen LogP contribution in [0.25, 0.3) is 0 Å². The van der Waals surface area contributed by atoms with Gasteiger partial charge in [0, 0.05) is 0 Å². The molecule has 68 valence electrons. The summed E-state index contributed by atoms with van der Waals surface area (Å²) in [6.45, 7) is 3.57. The molecule has 2 rings (SSSR count). The third-order valence-electron chi connectivity index (χ3n) is 1.83. The second-order valence-corrected chi connectivity index (χ2v) is 3.30. The topological polar surface area (TPSA) is 91.0 Å². The molecule has 0 amide bonds. The summed E-state index contributed by atoms with van der Waals surface area (Å²) in [5.41, 5.74) is 0.0769. The molecule has 0 aliphatic carbocycles. The molecule has 0 radical (unpaired) electrons. The Morgan fingerprint density at radius 3 is 2.54 bits per heavy atom. The van der Waals surface area contributed by atoms with Crippen molar-refractivity contribution in [3.63, 3.8) is 0 Å². The van der Waals surface area contributed by atoms with Crippen LogP contribution in [0.1, 0.15) is 19.5 Å². The van der Waals surface area contributed by atoms with E-state index in [2.05, 4.69) is 20.2 Å². The molecule has 0 saturated heterocycles. The Morgan fingerprint density at radius 2 is 1.85 bits per heavy atom. The maximum absolute atomic E-state index is 9.28. The lowest BCUT2D eigenvalue weighted by atomic mass is 10.0.